The van der Waals surface area contributed by atoms with Crippen molar-refractivity contribution in [2.24, 2.45) is 17.3 Å². The van der Waals surface area contributed by atoms with Crippen LogP contribution in [0.5, 0.6) is 0 Å². The number of hydrogen-bond acceptors (Lipinski definition) is 3. The molecule has 0 bridgehead atoms. The molecular formula is C25H37ClN2O3. The molecule has 6 heteroatoms. The second kappa shape index (κ2) is 9.11. The number of nitrogens with zero attached hydrogens (tertiary/aromatic N) is 2. The molecule has 2 amide bonds. The molecule has 1 aliphatic heterocycles. The lowest BCUT2D eigenvalue weighted by atomic mass is 9.66. The van der Waals surface area contributed by atoms with Crippen LogP contribution in [0.25, 0.3) is 0 Å². The highest BCUT2D eigenvalue weighted by molar-refractivity contribution is 6.30. The average molecular weight is 449 g/mol. The molecule has 1 aromatic carbocycles. The molecule has 0 radical (unpaired) electrons. The summed E-state index contributed by atoms with van der Waals surface area (Å²) in [6, 6.07) is 6.84. The van der Waals surface area contributed by atoms with Crippen molar-refractivity contribution in [2.75, 3.05) is 20.1 Å². The summed E-state index contributed by atoms with van der Waals surface area (Å²) < 4.78 is 0. The Morgan fingerprint density at radius 3 is 2.26 bits per heavy atom. The lowest BCUT2D eigenvalue weighted by molar-refractivity contribution is -0.162. The second-order valence-corrected chi connectivity index (χ2v) is 10.8. The minimum Gasteiger partial charge on any atom is -0.384 e. The number of carbonyl (C=O) groups excluding carboxylic acids is 2. The van der Waals surface area contributed by atoms with Crippen LogP contribution in [-0.4, -0.2) is 52.9 Å². The van der Waals surface area contributed by atoms with Gasteiger partial charge in [-0.2, -0.15) is 0 Å². The van der Waals surface area contributed by atoms with E-state index in [0.29, 0.717) is 24.5 Å². The van der Waals surface area contributed by atoms with E-state index in [1.165, 1.54) is 0 Å². The molecule has 1 aromatic rings. The smallest absolute Gasteiger partial charge is 0.245 e. The maximum Gasteiger partial charge on any atom is 0.245 e. The molecule has 0 spiro atoms. The highest BCUT2D eigenvalue weighted by Gasteiger charge is 2.50. The summed E-state index contributed by atoms with van der Waals surface area (Å²) in [6.45, 7) is 8.88. The van der Waals surface area contributed by atoms with Gasteiger partial charge in [-0.05, 0) is 42.9 Å². The monoisotopic (exact) mass is 448 g/mol. The van der Waals surface area contributed by atoms with E-state index >= 15 is 0 Å². The lowest BCUT2D eigenvalue weighted by Gasteiger charge is -2.51. The van der Waals surface area contributed by atoms with Gasteiger partial charge in [0.1, 0.15) is 6.04 Å². The predicted octanol–water partition coefficient (Wildman–Crippen LogP) is 4.46. The fourth-order valence-electron chi connectivity index (χ4n) is 5.45. The molecule has 1 N–H and O–H groups in total. The van der Waals surface area contributed by atoms with Gasteiger partial charge >= 0.3 is 0 Å². The highest BCUT2D eigenvalue weighted by Crippen LogP contribution is 2.46. The van der Waals surface area contributed by atoms with E-state index < -0.39 is 17.1 Å². The van der Waals surface area contributed by atoms with Crippen molar-refractivity contribution >= 4 is 23.4 Å². The summed E-state index contributed by atoms with van der Waals surface area (Å²) >= 11 is 6.03. The predicted molar refractivity (Wildman–Crippen MR) is 124 cm³/mol. The number of aliphatic hydroxyl groups is 1. The standard InChI is InChI=1S/C25H37ClN2O3/c1-17(2)21(27(5)22(29)18-8-6-7-9-18)23(30)28-15-14-25(31,24(3,4)16-28)19-10-12-20(26)13-11-19/h10-13,17-18,21,31H,6-9,14-16H2,1-5H3. The summed E-state index contributed by atoms with van der Waals surface area (Å²) in [4.78, 5) is 30.2. The zero-order chi connectivity index (χ0) is 23.0. The minimum atomic E-state index is -1.05. The van der Waals surface area contributed by atoms with Crippen LogP contribution in [0, 0.1) is 17.3 Å². The van der Waals surface area contributed by atoms with Gasteiger partial charge in [0.2, 0.25) is 11.8 Å². The number of rotatable bonds is 5. The van der Waals surface area contributed by atoms with Gasteiger partial charge in [0.25, 0.3) is 0 Å². The van der Waals surface area contributed by atoms with Gasteiger partial charge < -0.3 is 14.9 Å². The maximum atomic E-state index is 13.6. The molecule has 2 unspecified atom stereocenters. The van der Waals surface area contributed by atoms with Gasteiger partial charge in [0.15, 0.2) is 0 Å². The molecule has 5 nitrogen and oxygen atoms in total. The molecule has 1 saturated carbocycles. The molecule has 2 aliphatic rings. The normalized spacial score (nSPS) is 25.0. The van der Waals surface area contributed by atoms with Gasteiger partial charge in [-0.1, -0.05) is 64.3 Å². The Kier molecular flexibility index (Phi) is 7.07. The Bertz CT molecular complexity index is 801. The minimum absolute atomic E-state index is 0.0167. The Labute approximate surface area is 191 Å². The van der Waals surface area contributed by atoms with Crippen molar-refractivity contribution in [3.05, 3.63) is 34.9 Å². The summed E-state index contributed by atoms with van der Waals surface area (Å²) in [5.41, 5.74) is -0.777. The molecule has 1 saturated heterocycles. The number of likely N-dealkylation sites (N-methyl/N-ethyl adjacent to an activating group) is 1. The molecule has 1 aliphatic carbocycles. The van der Waals surface area contributed by atoms with Crippen LogP contribution >= 0.6 is 11.6 Å². The SMILES string of the molecule is CC(C)C(C(=O)N1CCC(O)(c2ccc(Cl)cc2)C(C)(C)C1)N(C)C(=O)C1CCCC1. The van der Waals surface area contributed by atoms with Gasteiger partial charge in [0, 0.05) is 36.5 Å². The molecule has 2 fully saturated rings. The largest absolute Gasteiger partial charge is 0.384 e. The molecule has 2 atom stereocenters. The first kappa shape index (κ1) is 24.1. The fraction of sp³-hybridized carbons (Fsp3) is 0.680. The quantitative estimate of drug-likeness (QED) is 0.723. The number of carbonyl (C=O) groups is 2. The van der Waals surface area contributed by atoms with E-state index in [1.54, 1.807) is 24.1 Å². The molecule has 1 heterocycles. The number of amides is 2. The van der Waals surface area contributed by atoms with Crippen LogP contribution < -0.4 is 0 Å². The number of piperidine rings is 1. The Balaban J connectivity index is 1.78. The van der Waals surface area contributed by atoms with Crippen LogP contribution in [0.15, 0.2) is 24.3 Å². The van der Waals surface area contributed by atoms with Crippen LogP contribution in [0.3, 0.4) is 0 Å². The summed E-state index contributed by atoms with van der Waals surface area (Å²) in [5, 5.41) is 12.2. The van der Waals surface area contributed by atoms with Crippen molar-refractivity contribution < 1.29 is 14.7 Å². The van der Waals surface area contributed by atoms with Crippen LogP contribution in [0.2, 0.25) is 5.02 Å². The molecule has 3 rings (SSSR count). The third kappa shape index (κ3) is 4.63. The lowest BCUT2D eigenvalue weighted by Crippen LogP contribution is -2.61. The first-order valence-electron chi connectivity index (χ1n) is 11.5. The van der Waals surface area contributed by atoms with E-state index in [-0.39, 0.29) is 23.7 Å². The van der Waals surface area contributed by atoms with E-state index in [4.69, 9.17) is 11.6 Å². The van der Waals surface area contributed by atoms with E-state index in [2.05, 4.69) is 0 Å². The number of hydrogen-bond donors (Lipinski definition) is 1. The number of likely N-dealkylation sites (tertiary alicyclic amines) is 1. The third-order valence-corrected chi connectivity index (χ3v) is 7.69. The average Bonchev–Trinajstić information content (AvgIpc) is 3.24. The summed E-state index contributed by atoms with van der Waals surface area (Å²) in [5.74, 6) is 0.142. The van der Waals surface area contributed by atoms with Crippen LogP contribution in [0.1, 0.15) is 65.4 Å². The van der Waals surface area contributed by atoms with Gasteiger partial charge in [0.05, 0.1) is 5.60 Å². The van der Waals surface area contributed by atoms with E-state index in [1.807, 2.05) is 44.7 Å². The Hall–Kier alpha value is -1.59. The Morgan fingerprint density at radius 1 is 1.16 bits per heavy atom. The van der Waals surface area contributed by atoms with Crippen molar-refractivity contribution in [1.82, 2.24) is 9.80 Å². The van der Waals surface area contributed by atoms with E-state index in [0.717, 1.165) is 31.2 Å². The van der Waals surface area contributed by atoms with Gasteiger partial charge in [-0.3, -0.25) is 9.59 Å². The fourth-order valence-corrected chi connectivity index (χ4v) is 5.58. The highest BCUT2D eigenvalue weighted by atomic mass is 35.5. The first-order chi connectivity index (χ1) is 14.5. The summed E-state index contributed by atoms with van der Waals surface area (Å²) in [6.07, 6.45) is 4.47. The molecular weight excluding hydrogens is 412 g/mol. The zero-order valence-corrected chi connectivity index (χ0v) is 20.3. The molecule has 172 valence electrons. The van der Waals surface area contributed by atoms with Crippen LogP contribution in [0.4, 0.5) is 0 Å². The van der Waals surface area contributed by atoms with Crippen molar-refractivity contribution in [1.29, 1.82) is 0 Å². The molecule has 31 heavy (non-hydrogen) atoms. The number of benzene rings is 1. The zero-order valence-electron chi connectivity index (χ0n) is 19.5. The van der Waals surface area contributed by atoms with Gasteiger partial charge in [-0.25, -0.2) is 0 Å². The first-order valence-corrected chi connectivity index (χ1v) is 11.9. The van der Waals surface area contributed by atoms with Crippen molar-refractivity contribution in [2.45, 2.75) is 71.4 Å². The van der Waals surface area contributed by atoms with Crippen molar-refractivity contribution in [3.8, 4) is 0 Å². The third-order valence-electron chi connectivity index (χ3n) is 7.44. The molecule has 0 aromatic heterocycles. The van der Waals surface area contributed by atoms with Gasteiger partial charge in [-0.15, -0.1) is 0 Å². The topological polar surface area (TPSA) is 60.9 Å². The Morgan fingerprint density at radius 2 is 1.74 bits per heavy atom. The van der Waals surface area contributed by atoms with Crippen LogP contribution in [-0.2, 0) is 15.2 Å². The van der Waals surface area contributed by atoms with Crippen molar-refractivity contribution in [3.63, 3.8) is 0 Å². The maximum absolute atomic E-state index is 13.6. The van der Waals surface area contributed by atoms with E-state index in [9.17, 15) is 14.7 Å². The summed E-state index contributed by atoms with van der Waals surface area (Å²) in [7, 11) is 1.78. The second-order valence-electron chi connectivity index (χ2n) is 10.4. The number of halogens is 1.